The summed E-state index contributed by atoms with van der Waals surface area (Å²) in [6, 6.07) is 7.37. The van der Waals surface area contributed by atoms with E-state index in [9.17, 15) is 9.59 Å². The number of rotatable bonds is 6. The van der Waals surface area contributed by atoms with Gasteiger partial charge in [-0.05, 0) is 29.8 Å². The summed E-state index contributed by atoms with van der Waals surface area (Å²) in [7, 11) is 4.61. The predicted octanol–water partition coefficient (Wildman–Crippen LogP) is 1.07. The Balaban J connectivity index is 2.01. The Morgan fingerprint density at radius 2 is 1.93 bits per heavy atom. The number of hydrogen-bond donors (Lipinski definition) is 1. The van der Waals surface area contributed by atoms with E-state index in [1.165, 1.54) is 11.6 Å². The number of methoxy groups -OCH3 is 1. The number of ether oxygens (including phenoxy) is 1. The molecule has 0 spiro atoms. The lowest BCUT2D eigenvalue weighted by molar-refractivity contribution is 0.415. The van der Waals surface area contributed by atoms with E-state index in [-0.39, 0.29) is 5.65 Å². The molecule has 9 nitrogen and oxygen atoms in total. The van der Waals surface area contributed by atoms with Crippen molar-refractivity contribution >= 4 is 23.3 Å². The van der Waals surface area contributed by atoms with Crippen LogP contribution in [0.4, 0.5) is 5.95 Å². The van der Waals surface area contributed by atoms with Crippen LogP contribution in [0.1, 0.15) is 5.56 Å². The molecule has 0 radical (unpaired) electrons. The van der Waals surface area contributed by atoms with Crippen molar-refractivity contribution in [1.29, 1.82) is 0 Å². The molecule has 1 N–H and O–H groups in total. The molecule has 3 aromatic rings. The van der Waals surface area contributed by atoms with Crippen LogP contribution >= 0.6 is 0 Å². The van der Waals surface area contributed by atoms with Crippen molar-refractivity contribution in [1.82, 2.24) is 18.7 Å². The van der Waals surface area contributed by atoms with Gasteiger partial charge in [0.1, 0.15) is 5.75 Å². The Morgan fingerprint density at radius 3 is 2.56 bits per heavy atom. The molecular formula is C18H20N6O3. The minimum Gasteiger partial charge on any atom is -0.497 e. The molecule has 2 heterocycles. The number of fused-ring (bicyclic) bond motifs is 1. The maximum absolute atomic E-state index is 12.5. The number of nitrogens with one attached hydrogen (secondary N) is 1. The normalized spacial score (nSPS) is 11.2. The van der Waals surface area contributed by atoms with Gasteiger partial charge < -0.3 is 4.74 Å². The molecule has 3 rings (SSSR count). The van der Waals surface area contributed by atoms with Gasteiger partial charge in [-0.2, -0.15) is 10.1 Å². The number of imidazole rings is 1. The molecule has 0 amide bonds. The predicted molar refractivity (Wildman–Crippen MR) is 105 cm³/mol. The van der Waals surface area contributed by atoms with Gasteiger partial charge in [0, 0.05) is 20.6 Å². The fourth-order valence-corrected chi connectivity index (χ4v) is 2.69. The fraction of sp³-hybridized carbons (Fsp3) is 0.222. The fourth-order valence-electron chi connectivity index (χ4n) is 2.69. The van der Waals surface area contributed by atoms with Crippen LogP contribution in [-0.2, 0) is 20.6 Å². The monoisotopic (exact) mass is 368 g/mol. The van der Waals surface area contributed by atoms with E-state index in [2.05, 4.69) is 22.1 Å². The third kappa shape index (κ3) is 3.26. The van der Waals surface area contributed by atoms with Crippen LogP contribution in [0.2, 0.25) is 0 Å². The van der Waals surface area contributed by atoms with Crippen LogP contribution in [0, 0.1) is 0 Å². The van der Waals surface area contributed by atoms with Crippen LogP contribution in [0.15, 0.2) is 51.6 Å². The molecule has 27 heavy (non-hydrogen) atoms. The maximum Gasteiger partial charge on any atom is 0.332 e. The molecule has 0 aliphatic carbocycles. The van der Waals surface area contributed by atoms with Crippen molar-refractivity contribution in [2.75, 3.05) is 12.5 Å². The largest absolute Gasteiger partial charge is 0.497 e. The van der Waals surface area contributed by atoms with E-state index in [0.29, 0.717) is 18.0 Å². The van der Waals surface area contributed by atoms with Crippen molar-refractivity contribution < 1.29 is 4.74 Å². The van der Waals surface area contributed by atoms with Crippen molar-refractivity contribution in [2.45, 2.75) is 6.54 Å². The molecule has 2 aromatic heterocycles. The summed E-state index contributed by atoms with van der Waals surface area (Å²) in [5.41, 5.74) is 3.43. The second-order valence-electron chi connectivity index (χ2n) is 5.86. The van der Waals surface area contributed by atoms with Crippen LogP contribution in [0.3, 0.4) is 0 Å². The minimum absolute atomic E-state index is 0.284. The molecule has 1 aromatic carbocycles. The van der Waals surface area contributed by atoms with Gasteiger partial charge in [0.15, 0.2) is 11.2 Å². The van der Waals surface area contributed by atoms with Crippen LogP contribution in [-0.4, -0.2) is 32.0 Å². The molecule has 9 heteroatoms. The quantitative estimate of drug-likeness (QED) is 0.399. The first-order valence-electron chi connectivity index (χ1n) is 8.18. The number of hydrazone groups is 1. The first-order chi connectivity index (χ1) is 13.0. The second kappa shape index (κ2) is 7.32. The van der Waals surface area contributed by atoms with Crippen molar-refractivity contribution in [2.24, 2.45) is 19.2 Å². The number of aromatic nitrogens is 4. The van der Waals surface area contributed by atoms with Crippen LogP contribution in [0.25, 0.3) is 11.2 Å². The Morgan fingerprint density at radius 1 is 1.22 bits per heavy atom. The van der Waals surface area contributed by atoms with Crippen molar-refractivity contribution in [3.8, 4) is 5.75 Å². The molecule has 140 valence electrons. The molecular weight excluding hydrogens is 348 g/mol. The zero-order valence-electron chi connectivity index (χ0n) is 15.3. The minimum atomic E-state index is -0.441. The lowest BCUT2D eigenvalue weighted by Crippen LogP contribution is -2.37. The summed E-state index contributed by atoms with van der Waals surface area (Å²) in [5.74, 6) is 1.10. The zero-order chi connectivity index (χ0) is 19.6. The van der Waals surface area contributed by atoms with Gasteiger partial charge in [-0.3, -0.25) is 18.5 Å². The Bertz CT molecular complexity index is 1140. The molecule has 0 bridgehead atoms. The molecule has 0 fully saturated rings. The van der Waals surface area contributed by atoms with Gasteiger partial charge in [0.2, 0.25) is 5.95 Å². The summed E-state index contributed by atoms with van der Waals surface area (Å²) in [6.07, 6.45) is 3.26. The summed E-state index contributed by atoms with van der Waals surface area (Å²) >= 11 is 0. The highest BCUT2D eigenvalue weighted by molar-refractivity contribution is 5.80. The van der Waals surface area contributed by atoms with E-state index in [4.69, 9.17) is 4.74 Å². The lowest BCUT2D eigenvalue weighted by atomic mass is 10.2. The summed E-state index contributed by atoms with van der Waals surface area (Å²) in [4.78, 5) is 29.0. The van der Waals surface area contributed by atoms with E-state index in [1.807, 2.05) is 24.3 Å². The third-order valence-corrected chi connectivity index (χ3v) is 4.15. The van der Waals surface area contributed by atoms with Gasteiger partial charge in [-0.1, -0.05) is 6.08 Å². The topological polar surface area (TPSA) is 95.4 Å². The molecule has 0 unspecified atom stereocenters. The summed E-state index contributed by atoms with van der Waals surface area (Å²) in [6.45, 7) is 4.05. The molecule has 0 saturated carbocycles. The highest BCUT2D eigenvalue weighted by atomic mass is 16.5. The average Bonchev–Trinajstić information content (AvgIpc) is 3.04. The van der Waals surface area contributed by atoms with Crippen LogP contribution in [0.5, 0.6) is 5.75 Å². The number of benzene rings is 1. The van der Waals surface area contributed by atoms with E-state index in [0.717, 1.165) is 15.9 Å². The smallest absolute Gasteiger partial charge is 0.332 e. The zero-order valence-corrected chi connectivity index (χ0v) is 15.3. The van der Waals surface area contributed by atoms with E-state index < -0.39 is 11.2 Å². The van der Waals surface area contributed by atoms with Gasteiger partial charge >= 0.3 is 5.69 Å². The first-order valence-corrected chi connectivity index (χ1v) is 8.18. The van der Waals surface area contributed by atoms with Gasteiger partial charge in [-0.25, -0.2) is 10.2 Å². The average molecular weight is 368 g/mol. The number of nitrogens with zero attached hydrogens (tertiary/aromatic N) is 5. The lowest BCUT2D eigenvalue weighted by Gasteiger charge is -2.06. The maximum atomic E-state index is 12.5. The number of anilines is 1. The Kier molecular flexibility index (Phi) is 4.93. The van der Waals surface area contributed by atoms with Crippen LogP contribution < -0.4 is 21.4 Å². The molecule has 0 aliphatic rings. The Hall–Kier alpha value is -3.62. The van der Waals surface area contributed by atoms with Crippen molar-refractivity contribution in [3.63, 3.8) is 0 Å². The second-order valence-corrected chi connectivity index (χ2v) is 5.86. The van der Waals surface area contributed by atoms with Gasteiger partial charge in [0.05, 0.1) is 13.3 Å². The van der Waals surface area contributed by atoms with Gasteiger partial charge in [-0.15, -0.1) is 6.58 Å². The molecule has 0 saturated heterocycles. The Labute approximate surface area is 154 Å². The number of hydrogen-bond acceptors (Lipinski definition) is 6. The van der Waals surface area contributed by atoms with E-state index >= 15 is 0 Å². The van der Waals surface area contributed by atoms with Gasteiger partial charge in [0.25, 0.3) is 5.56 Å². The highest BCUT2D eigenvalue weighted by Gasteiger charge is 2.18. The number of allylic oxidation sites excluding steroid dienone is 1. The standard InChI is InChI=1S/C18H20N6O3/c1-5-10-24-14-15(22(2)18(26)23(3)16(14)25)20-17(24)21-19-11-12-6-8-13(27-4)9-7-12/h5-9,11H,1,10H2,2-4H3,(H,20,21)/b19-11+. The summed E-state index contributed by atoms with van der Waals surface area (Å²) < 4.78 is 9.13. The summed E-state index contributed by atoms with van der Waals surface area (Å²) in [5, 5.41) is 4.18. The number of aryl methyl sites for hydroxylation is 1. The van der Waals surface area contributed by atoms with E-state index in [1.54, 1.807) is 31.0 Å². The molecule has 0 atom stereocenters. The van der Waals surface area contributed by atoms with Crippen molar-refractivity contribution in [3.05, 3.63) is 63.3 Å². The highest BCUT2D eigenvalue weighted by Crippen LogP contribution is 2.16. The molecule has 0 aliphatic heterocycles. The SMILES string of the molecule is C=CCn1c(N/N=C/c2ccc(OC)cc2)nc2c1c(=O)n(C)c(=O)n2C. The first kappa shape index (κ1) is 18.2. The third-order valence-electron chi connectivity index (χ3n) is 4.15.